The maximum Gasteiger partial charge on any atom is 0.280 e. The van der Waals surface area contributed by atoms with Crippen LogP contribution in [0.1, 0.15) is 16.9 Å². The molecule has 3 aromatic rings. The Morgan fingerprint density at radius 2 is 1.87 bits per heavy atom. The van der Waals surface area contributed by atoms with E-state index in [2.05, 4.69) is 10.3 Å². The van der Waals surface area contributed by atoms with Crippen molar-refractivity contribution in [3.63, 3.8) is 0 Å². The van der Waals surface area contributed by atoms with Crippen molar-refractivity contribution >= 4 is 40.3 Å². The number of nitro benzene ring substituents is 1. The standard InChI is InChI=1S/C22H17N3O5S/c1-12-4-7-18(26)16(9-12)23-22-24-21(27)20(31-22)11-14-5-8-19(30-14)15-6-3-13(2)10-17(15)25(28)29/h3-11,26H,1-2H3,(H,23,24,27)/b20-11+. The molecule has 2 aromatic carbocycles. The number of carbonyl (C=O) groups is 1. The lowest BCUT2D eigenvalue weighted by atomic mass is 10.1. The number of benzene rings is 2. The predicted molar refractivity (Wildman–Crippen MR) is 119 cm³/mol. The average Bonchev–Trinajstić information content (AvgIpc) is 3.31. The van der Waals surface area contributed by atoms with Gasteiger partial charge in [-0.2, -0.15) is 0 Å². The minimum Gasteiger partial charge on any atom is -0.506 e. The SMILES string of the molecule is Cc1ccc(O)c(N=C2NC(=O)/C(=C\c3ccc(-c4ccc(C)cc4[N+](=O)[O-])o3)S2)c1. The number of carbonyl (C=O) groups excluding carboxylic acids is 1. The molecule has 1 aliphatic rings. The van der Waals surface area contributed by atoms with Gasteiger partial charge in [0, 0.05) is 12.1 Å². The first-order valence-corrected chi connectivity index (χ1v) is 10.1. The van der Waals surface area contributed by atoms with Gasteiger partial charge in [-0.1, -0.05) is 12.1 Å². The Morgan fingerprint density at radius 1 is 1.13 bits per heavy atom. The summed E-state index contributed by atoms with van der Waals surface area (Å²) in [7, 11) is 0. The monoisotopic (exact) mass is 435 g/mol. The van der Waals surface area contributed by atoms with Crippen LogP contribution < -0.4 is 5.32 Å². The highest BCUT2D eigenvalue weighted by Crippen LogP contribution is 2.35. The van der Waals surface area contributed by atoms with Gasteiger partial charge in [0.1, 0.15) is 23.0 Å². The van der Waals surface area contributed by atoms with Crippen LogP contribution in [-0.4, -0.2) is 21.1 Å². The fourth-order valence-corrected chi connectivity index (χ4v) is 3.83. The van der Waals surface area contributed by atoms with Crippen molar-refractivity contribution in [2.75, 3.05) is 0 Å². The Morgan fingerprint density at radius 3 is 2.65 bits per heavy atom. The second-order valence-electron chi connectivity index (χ2n) is 6.95. The van der Waals surface area contributed by atoms with Crippen molar-refractivity contribution in [1.29, 1.82) is 0 Å². The molecule has 0 atom stereocenters. The molecule has 0 aliphatic carbocycles. The van der Waals surface area contributed by atoms with Crippen molar-refractivity contribution in [3.05, 3.63) is 80.4 Å². The first-order chi connectivity index (χ1) is 14.8. The molecule has 4 rings (SSSR count). The van der Waals surface area contributed by atoms with Crippen LogP contribution >= 0.6 is 11.8 Å². The number of aryl methyl sites for hydroxylation is 2. The highest BCUT2D eigenvalue weighted by molar-refractivity contribution is 8.18. The lowest BCUT2D eigenvalue weighted by molar-refractivity contribution is -0.384. The molecule has 31 heavy (non-hydrogen) atoms. The molecular weight excluding hydrogens is 418 g/mol. The number of phenolic OH excluding ortho intramolecular Hbond substituents is 1. The molecule has 1 aromatic heterocycles. The van der Waals surface area contributed by atoms with Crippen LogP contribution in [0.2, 0.25) is 0 Å². The Hall–Kier alpha value is -3.85. The summed E-state index contributed by atoms with van der Waals surface area (Å²) in [5.74, 6) is 0.374. The van der Waals surface area contributed by atoms with E-state index in [1.807, 2.05) is 6.92 Å². The Labute approximate surface area is 181 Å². The lowest BCUT2D eigenvalue weighted by Crippen LogP contribution is -2.19. The van der Waals surface area contributed by atoms with Crippen LogP contribution in [0.15, 0.2) is 62.8 Å². The quantitative estimate of drug-likeness (QED) is 0.336. The van der Waals surface area contributed by atoms with E-state index >= 15 is 0 Å². The molecule has 1 aliphatic heterocycles. The van der Waals surface area contributed by atoms with E-state index in [0.717, 1.165) is 22.9 Å². The zero-order valence-electron chi connectivity index (χ0n) is 16.6. The molecule has 0 bridgehead atoms. The largest absolute Gasteiger partial charge is 0.506 e. The maximum atomic E-state index is 12.3. The van der Waals surface area contributed by atoms with Crippen molar-refractivity contribution in [2.24, 2.45) is 4.99 Å². The van der Waals surface area contributed by atoms with Gasteiger partial charge in [-0.25, -0.2) is 4.99 Å². The number of furan rings is 1. The number of phenols is 1. The zero-order valence-corrected chi connectivity index (χ0v) is 17.4. The van der Waals surface area contributed by atoms with E-state index in [1.165, 1.54) is 6.07 Å². The third-order valence-electron chi connectivity index (χ3n) is 4.52. The molecule has 0 saturated carbocycles. The van der Waals surface area contributed by atoms with Crippen LogP contribution in [0.25, 0.3) is 17.4 Å². The molecule has 2 N–H and O–H groups in total. The molecular formula is C22H17N3O5S. The molecule has 8 nitrogen and oxygen atoms in total. The summed E-state index contributed by atoms with van der Waals surface area (Å²) in [6.07, 6.45) is 1.54. The summed E-state index contributed by atoms with van der Waals surface area (Å²) >= 11 is 1.11. The Bertz CT molecular complexity index is 1280. The number of amides is 1. The number of hydrogen-bond donors (Lipinski definition) is 2. The topological polar surface area (TPSA) is 118 Å². The van der Waals surface area contributed by atoms with Crippen molar-refractivity contribution in [3.8, 4) is 17.1 Å². The summed E-state index contributed by atoms with van der Waals surface area (Å²) in [6, 6.07) is 13.2. The smallest absolute Gasteiger partial charge is 0.280 e. The average molecular weight is 435 g/mol. The predicted octanol–water partition coefficient (Wildman–Crippen LogP) is 5.07. The van der Waals surface area contributed by atoms with Crippen molar-refractivity contribution in [1.82, 2.24) is 5.32 Å². The Kier molecular flexibility index (Phi) is 5.35. The summed E-state index contributed by atoms with van der Waals surface area (Å²) < 4.78 is 5.74. The van der Waals surface area contributed by atoms with E-state index in [-0.39, 0.29) is 17.3 Å². The van der Waals surface area contributed by atoms with Crippen LogP contribution in [0.4, 0.5) is 11.4 Å². The minimum atomic E-state index is -0.452. The van der Waals surface area contributed by atoms with E-state index in [4.69, 9.17) is 4.42 Å². The van der Waals surface area contributed by atoms with E-state index in [9.17, 15) is 20.0 Å². The van der Waals surface area contributed by atoms with Crippen LogP contribution in [0.3, 0.4) is 0 Å². The highest BCUT2D eigenvalue weighted by Gasteiger charge is 2.25. The van der Waals surface area contributed by atoms with Crippen molar-refractivity contribution in [2.45, 2.75) is 13.8 Å². The fourth-order valence-electron chi connectivity index (χ4n) is 3.02. The van der Waals surface area contributed by atoms with Gasteiger partial charge >= 0.3 is 0 Å². The van der Waals surface area contributed by atoms with Crippen LogP contribution in [-0.2, 0) is 4.79 Å². The molecule has 0 unspecified atom stereocenters. The van der Waals surface area contributed by atoms with Gasteiger partial charge in [-0.15, -0.1) is 0 Å². The second-order valence-corrected chi connectivity index (χ2v) is 7.98. The van der Waals surface area contributed by atoms with Gasteiger partial charge in [0.2, 0.25) is 0 Å². The number of nitrogens with zero attached hydrogens (tertiary/aromatic N) is 2. The van der Waals surface area contributed by atoms with Gasteiger partial charge in [0.15, 0.2) is 5.17 Å². The summed E-state index contributed by atoms with van der Waals surface area (Å²) in [5, 5.41) is 24.3. The molecule has 0 spiro atoms. The zero-order chi connectivity index (χ0) is 22.1. The van der Waals surface area contributed by atoms with E-state index < -0.39 is 4.92 Å². The number of thioether (sulfide) groups is 1. The van der Waals surface area contributed by atoms with Gasteiger partial charge in [0.05, 0.1) is 15.4 Å². The second kappa shape index (κ2) is 8.11. The van der Waals surface area contributed by atoms with Gasteiger partial charge in [-0.05, 0) is 67.1 Å². The Balaban J connectivity index is 1.60. The summed E-state index contributed by atoms with van der Waals surface area (Å²) in [5.41, 5.74) is 2.37. The number of nitro groups is 1. The van der Waals surface area contributed by atoms with E-state index in [0.29, 0.717) is 32.8 Å². The molecule has 1 saturated heterocycles. The normalized spacial score (nSPS) is 16.1. The van der Waals surface area contributed by atoms with Crippen molar-refractivity contribution < 1.29 is 19.2 Å². The fraction of sp³-hybridized carbons (Fsp3) is 0.0909. The number of hydrogen-bond acceptors (Lipinski definition) is 7. The minimum absolute atomic E-state index is 0.0146. The molecule has 9 heteroatoms. The third kappa shape index (κ3) is 4.36. The molecule has 1 amide bonds. The molecule has 156 valence electrons. The van der Waals surface area contributed by atoms with E-state index in [1.54, 1.807) is 55.5 Å². The maximum absolute atomic E-state index is 12.3. The number of rotatable bonds is 4. The number of amidine groups is 1. The number of aliphatic imine (C=N–C) groups is 1. The van der Waals surface area contributed by atoms with Crippen LogP contribution in [0, 0.1) is 24.0 Å². The first kappa shape index (κ1) is 20.4. The summed E-state index contributed by atoms with van der Waals surface area (Å²) in [4.78, 5) is 27.9. The van der Waals surface area contributed by atoms with Gasteiger partial charge in [0.25, 0.3) is 11.6 Å². The first-order valence-electron chi connectivity index (χ1n) is 9.24. The lowest BCUT2D eigenvalue weighted by Gasteiger charge is -2.01. The number of nitrogens with one attached hydrogen (secondary N) is 1. The highest BCUT2D eigenvalue weighted by atomic mass is 32.2. The molecule has 2 heterocycles. The van der Waals surface area contributed by atoms with Crippen LogP contribution in [0.5, 0.6) is 5.75 Å². The third-order valence-corrected chi connectivity index (χ3v) is 5.43. The van der Waals surface area contributed by atoms with Gasteiger partial charge < -0.3 is 14.8 Å². The van der Waals surface area contributed by atoms with Gasteiger partial charge in [-0.3, -0.25) is 14.9 Å². The summed E-state index contributed by atoms with van der Waals surface area (Å²) in [6.45, 7) is 3.65. The number of aromatic hydroxyl groups is 1. The molecule has 1 fully saturated rings. The molecule has 0 radical (unpaired) electrons.